The van der Waals surface area contributed by atoms with Crippen LogP contribution in [0.3, 0.4) is 0 Å². The highest BCUT2D eigenvalue weighted by atomic mass is 32.2. The maximum Gasteiger partial charge on any atom is 0.243 e. The summed E-state index contributed by atoms with van der Waals surface area (Å²) in [4.78, 5) is 8.46. The second-order valence-corrected chi connectivity index (χ2v) is 9.20. The van der Waals surface area contributed by atoms with Crippen molar-refractivity contribution in [3.63, 3.8) is 0 Å². The Bertz CT molecular complexity index is 1160. The van der Waals surface area contributed by atoms with Crippen molar-refractivity contribution in [2.45, 2.75) is 11.8 Å². The summed E-state index contributed by atoms with van der Waals surface area (Å²) >= 11 is 0. The van der Waals surface area contributed by atoms with Crippen LogP contribution in [0.25, 0.3) is 16.9 Å². The number of imidazole rings is 1. The predicted octanol–water partition coefficient (Wildman–Crippen LogP) is 0.703. The molecule has 27 heavy (non-hydrogen) atoms. The Morgan fingerprint density at radius 1 is 1.22 bits per heavy atom. The average Bonchev–Trinajstić information content (AvgIpc) is 2.97. The Labute approximate surface area is 155 Å². The largest absolute Gasteiger partial charge is 0.381 e. The zero-order valence-electron chi connectivity index (χ0n) is 14.7. The molecule has 0 radical (unpaired) electrons. The first-order valence-electron chi connectivity index (χ1n) is 8.53. The Hall–Kier alpha value is -2.56. The van der Waals surface area contributed by atoms with E-state index in [9.17, 15) is 8.42 Å². The van der Waals surface area contributed by atoms with Crippen molar-refractivity contribution in [3.8, 4) is 11.3 Å². The molecule has 140 valence electrons. The number of nitrogens with two attached hydrogens (primary N) is 1. The van der Waals surface area contributed by atoms with Crippen molar-refractivity contribution in [2.24, 2.45) is 5.41 Å². The molecule has 3 aromatic rings. The van der Waals surface area contributed by atoms with Crippen LogP contribution in [0.4, 0.5) is 5.82 Å². The monoisotopic (exact) mass is 386 g/mol. The van der Waals surface area contributed by atoms with Gasteiger partial charge in [-0.15, -0.1) is 0 Å². The Morgan fingerprint density at radius 3 is 2.70 bits per heavy atom. The summed E-state index contributed by atoms with van der Waals surface area (Å²) in [5, 5.41) is 4.20. The molecule has 9 nitrogen and oxygen atoms in total. The van der Waals surface area contributed by atoms with Gasteiger partial charge in [0.1, 0.15) is 6.33 Å². The SMILES string of the molecule is Cc1ccc(S(=O)(=O)N2CC3(COC3)C2)cc1-c1cnc2c(N)ncnn12. The van der Waals surface area contributed by atoms with Gasteiger partial charge in [-0.3, -0.25) is 0 Å². The van der Waals surface area contributed by atoms with Crippen LogP contribution >= 0.6 is 0 Å². The number of sulfonamides is 1. The maximum absolute atomic E-state index is 13.0. The summed E-state index contributed by atoms with van der Waals surface area (Å²) < 4.78 is 34.3. The first-order chi connectivity index (χ1) is 12.9. The fourth-order valence-corrected chi connectivity index (χ4v) is 5.34. The van der Waals surface area contributed by atoms with Gasteiger partial charge < -0.3 is 10.5 Å². The molecule has 4 heterocycles. The first-order valence-corrected chi connectivity index (χ1v) is 9.97. The number of nitrogens with zero attached hydrogens (tertiary/aromatic N) is 5. The lowest BCUT2D eigenvalue weighted by Gasteiger charge is -2.53. The quantitative estimate of drug-likeness (QED) is 0.704. The number of benzene rings is 1. The number of aryl methyl sites for hydroxylation is 1. The molecular formula is C17H18N6O3S. The molecule has 0 aliphatic carbocycles. The molecule has 5 rings (SSSR count). The van der Waals surface area contributed by atoms with Gasteiger partial charge in [0.25, 0.3) is 0 Å². The van der Waals surface area contributed by atoms with Gasteiger partial charge in [-0.1, -0.05) is 6.07 Å². The summed E-state index contributed by atoms with van der Waals surface area (Å²) in [7, 11) is -3.55. The second-order valence-electron chi connectivity index (χ2n) is 7.27. The molecule has 0 amide bonds. The van der Waals surface area contributed by atoms with Gasteiger partial charge in [-0.05, 0) is 24.6 Å². The molecule has 2 fully saturated rings. The van der Waals surface area contributed by atoms with E-state index in [4.69, 9.17) is 10.5 Å². The minimum atomic E-state index is -3.55. The van der Waals surface area contributed by atoms with E-state index < -0.39 is 10.0 Å². The molecule has 2 aliphatic heterocycles. The molecule has 2 N–H and O–H groups in total. The topological polar surface area (TPSA) is 116 Å². The molecule has 0 atom stereocenters. The number of fused-ring (bicyclic) bond motifs is 1. The first kappa shape index (κ1) is 16.6. The van der Waals surface area contributed by atoms with E-state index in [0.29, 0.717) is 37.6 Å². The second kappa shape index (κ2) is 5.47. The summed E-state index contributed by atoms with van der Waals surface area (Å²) in [6.07, 6.45) is 2.98. The third-order valence-corrected chi connectivity index (χ3v) is 7.08. The predicted molar refractivity (Wildman–Crippen MR) is 97.4 cm³/mol. The van der Waals surface area contributed by atoms with E-state index in [1.54, 1.807) is 28.9 Å². The van der Waals surface area contributed by atoms with Crippen LogP contribution in [0.5, 0.6) is 0 Å². The number of nitrogen functional groups attached to an aromatic ring is 1. The van der Waals surface area contributed by atoms with Gasteiger partial charge in [0, 0.05) is 24.1 Å². The average molecular weight is 386 g/mol. The van der Waals surface area contributed by atoms with E-state index in [1.165, 1.54) is 10.6 Å². The molecule has 0 unspecified atom stereocenters. The normalized spacial score (nSPS) is 19.1. The standard InChI is InChI=1S/C17H18N6O3S/c1-11-2-3-12(27(24,25)22-6-17(7-22)8-26-9-17)4-13(11)14-5-19-16-15(18)20-10-21-23(14)16/h2-5,10H,6-9H2,1H3,(H2,18,20,21). The lowest BCUT2D eigenvalue weighted by Crippen LogP contribution is -2.66. The zero-order valence-corrected chi connectivity index (χ0v) is 15.5. The number of rotatable bonds is 3. The van der Waals surface area contributed by atoms with E-state index in [2.05, 4.69) is 15.1 Å². The van der Waals surface area contributed by atoms with E-state index in [1.807, 2.05) is 6.92 Å². The van der Waals surface area contributed by atoms with Gasteiger partial charge >= 0.3 is 0 Å². The molecule has 10 heteroatoms. The summed E-state index contributed by atoms with van der Waals surface area (Å²) in [6, 6.07) is 5.12. The van der Waals surface area contributed by atoms with Crippen LogP contribution in [0.15, 0.2) is 35.6 Å². The van der Waals surface area contributed by atoms with Crippen LogP contribution in [-0.4, -0.2) is 58.6 Å². The Balaban J connectivity index is 1.56. The third-order valence-electron chi connectivity index (χ3n) is 5.29. The summed E-state index contributed by atoms with van der Waals surface area (Å²) in [5.74, 6) is 0.270. The third kappa shape index (κ3) is 2.37. The van der Waals surface area contributed by atoms with Gasteiger partial charge in [0.15, 0.2) is 11.5 Å². The molecule has 0 bridgehead atoms. The summed E-state index contributed by atoms with van der Waals surface area (Å²) in [5.41, 5.74) is 8.64. The highest BCUT2D eigenvalue weighted by Gasteiger charge is 2.53. The molecule has 2 aliphatic rings. The zero-order chi connectivity index (χ0) is 18.8. The van der Waals surface area contributed by atoms with Gasteiger partial charge in [0.2, 0.25) is 10.0 Å². The number of ether oxygens (including phenoxy) is 1. The smallest absolute Gasteiger partial charge is 0.243 e. The molecular weight excluding hydrogens is 368 g/mol. The highest BCUT2D eigenvalue weighted by Crippen LogP contribution is 2.41. The summed E-state index contributed by atoms with van der Waals surface area (Å²) in [6.45, 7) is 4.22. The van der Waals surface area contributed by atoms with Gasteiger partial charge in [0.05, 0.1) is 30.0 Å². The van der Waals surface area contributed by atoms with E-state index in [0.717, 1.165) is 11.1 Å². The van der Waals surface area contributed by atoms with E-state index in [-0.39, 0.29) is 16.1 Å². The fraction of sp³-hybridized carbons (Fsp3) is 0.353. The number of aromatic nitrogens is 4. The van der Waals surface area contributed by atoms with Crippen molar-refractivity contribution in [1.29, 1.82) is 0 Å². The van der Waals surface area contributed by atoms with Crippen molar-refractivity contribution in [2.75, 3.05) is 32.0 Å². The van der Waals surface area contributed by atoms with Gasteiger partial charge in [-0.2, -0.15) is 9.40 Å². The molecule has 1 aromatic carbocycles. The minimum Gasteiger partial charge on any atom is -0.381 e. The number of anilines is 1. The van der Waals surface area contributed by atoms with Crippen LogP contribution in [0, 0.1) is 12.3 Å². The number of hydrogen-bond donors (Lipinski definition) is 1. The van der Waals surface area contributed by atoms with Crippen molar-refractivity contribution in [1.82, 2.24) is 23.9 Å². The molecule has 2 aromatic heterocycles. The Morgan fingerprint density at radius 2 is 2.00 bits per heavy atom. The van der Waals surface area contributed by atoms with Crippen LogP contribution in [0.2, 0.25) is 0 Å². The van der Waals surface area contributed by atoms with Crippen LogP contribution < -0.4 is 5.73 Å². The molecule has 0 saturated carbocycles. The van der Waals surface area contributed by atoms with E-state index >= 15 is 0 Å². The molecule has 2 saturated heterocycles. The molecule has 1 spiro atoms. The number of hydrogen-bond acceptors (Lipinski definition) is 7. The van der Waals surface area contributed by atoms with Crippen molar-refractivity contribution in [3.05, 3.63) is 36.3 Å². The fourth-order valence-electron chi connectivity index (χ4n) is 3.65. The van der Waals surface area contributed by atoms with Crippen LogP contribution in [-0.2, 0) is 14.8 Å². The Kier molecular flexibility index (Phi) is 3.37. The highest BCUT2D eigenvalue weighted by molar-refractivity contribution is 7.89. The lowest BCUT2D eigenvalue weighted by molar-refractivity contribution is -0.166. The van der Waals surface area contributed by atoms with Crippen LogP contribution in [0.1, 0.15) is 5.56 Å². The maximum atomic E-state index is 13.0. The lowest BCUT2D eigenvalue weighted by atomic mass is 9.80. The van der Waals surface area contributed by atoms with Crippen molar-refractivity contribution >= 4 is 21.5 Å². The van der Waals surface area contributed by atoms with Gasteiger partial charge in [-0.25, -0.2) is 22.9 Å². The minimum absolute atomic E-state index is 0.0245. The van der Waals surface area contributed by atoms with Crippen molar-refractivity contribution < 1.29 is 13.2 Å².